The normalized spacial score (nSPS) is 10.8. The topological polar surface area (TPSA) is 36.3 Å². The summed E-state index contributed by atoms with van der Waals surface area (Å²) in [5.41, 5.74) is 0. The Morgan fingerprint density at radius 2 is 2.12 bits per heavy atom. The predicted octanol–water partition coefficient (Wildman–Crippen LogP) is 3.30. The van der Waals surface area contributed by atoms with Crippen LogP contribution in [0.4, 0.5) is 0 Å². The maximum atomic E-state index is 8.85. The van der Waals surface area contributed by atoms with Gasteiger partial charge in [0.25, 0.3) is 0 Å². The molecule has 0 radical (unpaired) electrons. The fourth-order valence-corrected chi connectivity index (χ4v) is 1.32. The molecule has 0 saturated heterocycles. The highest BCUT2D eigenvalue weighted by atomic mass is 35.5. The largest absolute Gasteiger partial charge is 0.443 e. The SMILES string of the molecule is CN(C)/C=C(\C#N)Oc1cccc(Cl)c1Cl. The van der Waals surface area contributed by atoms with Crippen molar-refractivity contribution < 1.29 is 4.74 Å². The van der Waals surface area contributed by atoms with Gasteiger partial charge in [-0.25, -0.2) is 0 Å². The molecule has 0 heterocycles. The highest BCUT2D eigenvalue weighted by Gasteiger charge is 2.07. The molecule has 0 atom stereocenters. The Hall–Kier alpha value is -1.37. The van der Waals surface area contributed by atoms with Gasteiger partial charge in [0.15, 0.2) is 0 Å². The smallest absolute Gasteiger partial charge is 0.219 e. The summed E-state index contributed by atoms with van der Waals surface area (Å²) in [6.07, 6.45) is 1.55. The molecule has 5 heteroatoms. The molecule has 0 aliphatic heterocycles. The van der Waals surface area contributed by atoms with Crippen molar-refractivity contribution in [2.75, 3.05) is 14.1 Å². The molecule has 16 heavy (non-hydrogen) atoms. The Balaban J connectivity index is 2.96. The minimum atomic E-state index is 0.147. The van der Waals surface area contributed by atoms with E-state index in [9.17, 15) is 0 Å². The zero-order valence-corrected chi connectivity index (χ0v) is 10.4. The van der Waals surface area contributed by atoms with Crippen LogP contribution in [-0.2, 0) is 0 Å². The summed E-state index contributed by atoms with van der Waals surface area (Å²) in [6.45, 7) is 0. The molecule has 0 spiro atoms. The molecule has 1 rings (SSSR count). The molecule has 0 bridgehead atoms. The Bertz CT molecular complexity index is 450. The van der Waals surface area contributed by atoms with Crippen molar-refractivity contribution in [3.63, 3.8) is 0 Å². The number of benzene rings is 1. The molecule has 0 aliphatic rings. The lowest BCUT2D eigenvalue weighted by Crippen LogP contribution is -2.05. The van der Waals surface area contributed by atoms with Gasteiger partial charge in [0.2, 0.25) is 5.76 Å². The summed E-state index contributed by atoms with van der Waals surface area (Å²) in [7, 11) is 3.58. The number of nitrogens with zero attached hydrogens (tertiary/aromatic N) is 2. The van der Waals surface area contributed by atoms with E-state index >= 15 is 0 Å². The van der Waals surface area contributed by atoms with Gasteiger partial charge in [-0.2, -0.15) is 5.26 Å². The van der Waals surface area contributed by atoms with Gasteiger partial charge in [-0.3, -0.25) is 0 Å². The second-order valence-electron chi connectivity index (χ2n) is 3.22. The van der Waals surface area contributed by atoms with Crippen molar-refractivity contribution >= 4 is 23.2 Å². The lowest BCUT2D eigenvalue weighted by Gasteiger charge is -2.09. The highest BCUT2D eigenvalue weighted by Crippen LogP contribution is 2.32. The molecule has 0 aliphatic carbocycles. The van der Waals surface area contributed by atoms with Gasteiger partial charge in [-0.05, 0) is 12.1 Å². The van der Waals surface area contributed by atoms with Crippen LogP contribution in [0.1, 0.15) is 0 Å². The molecular formula is C11H10Cl2N2O. The van der Waals surface area contributed by atoms with Crippen molar-refractivity contribution in [2.45, 2.75) is 0 Å². The average molecular weight is 257 g/mol. The van der Waals surface area contributed by atoms with Gasteiger partial charge >= 0.3 is 0 Å². The molecule has 0 saturated carbocycles. The van der Waals surface area contributed by atoms with Gasteiger partial charge in [-0.1, -0.05) is 29.3 Å². The number of nitriles is 1. The van der Waals surface area contributed by atoms with Gasteiger partial charge in [0.1, 0.15) is 16.8 Å². The van der Waals surface area contributed by atoms with Crippen LogP contribution in [0.25, 0.3) is 0 Å². The van der Waals surface area contributed by atoms with Crippen molar-refractivity contribution in [1.82, 2.24) is 4.90 Å². The van der Waals surface area contributed by atoms with E-state index in [0.717, 1.165) is 0 Å². The summed E-state index contributed by atoms with van der Waals surface area (Å²) in [4.78, 5) is 1.71. The number of ether oxygens (including phenoxy) is 1. The average Bonchev–Trinajstić information content (AvgIpc) is 2.23. The first-order valence-corrected chi connectivity index (χ1v) is 5.20. The predicted molar refractivity (Wildman–Crippen MR) is 64.5 cm³/mol. The van der Waals surface area contributed by atoms with E-state index in [4.69, 9.17) is 33.2 Å². The van der Waals surface area contributed by atoms with Crippen LogP contribution in [0, 0.1) is 11.3 Å². The molecule has 1 aromatic rings. The Morgan fingerprint density at radius 1 is 1.44 bits per heavy atom. The van der Waals surface area contributed by atoms with Crippen molar-refractivity contribution in [3.05, 3.63) is 40.2 Å². The zero-order valence-electron chi connectivity index (χ0n) is 8.87. The Morgan fingerprint density at radius 3 is 2.69 bits per heavy atom. The quantitative estimate of drug-likeness (QED) is 0.615. The standard InChI is InChI=1S/C11H10Cl2N2O/c1-15(2)7-8(6-14)16-10-5-3-4-9(12)11(10)13/h3-5,7H,1-2H3/b8-7+. The molecular weight excluding hydrogens is 247 g/mol. The Kier molecular flexibility index (Phi) is 4.48. The number of rotatable bonds is 3. The molecule has 0 aromatic heterocycles. The first kappa shape index (κ1) is 12.7. The molecule has 84 valence electrons. The maximum Gasteiger partial charge on any atom is 0.219 e. The Labute approximate surface area is 104 Å². The lowest BCUT2D eigenvalue weighted by molar-refractivity contribution is 0.424. The van der Waals surface area contributed by atoms with Crippen LogP contribution in [0.2, 0.25) is 10.0 Å². The van der Waals surface area contributed by atoms with Gasteiger partial charge in [0.05, 0.1) is 11.2 Å². The van der Waals surface area contributed by atoms with Crippen LogP contribution in [0.15, 0.2) is 30.2 Å². The molecule has 3 nitrogen and oxygen atoms in total. The molecule has 0 amide bonds. The lowest BCUT2D eigenvalue weighted by atomic mass is 10.3. The van der Waals surface area contributed by atoms with Crippen LogP contribution in [0.3, 0.4) is 0 Å². The fraction of sp³-hybridized carbons (Fsp3) is 0.182. The molecule has 1 aromatic carbocycles. The van der Waals surface area contributed by atoms with E-state index < -0.39 is 0 Å². The second kappa shape index (κ2) is 5.64. The van der Waals surface area contributed by atoms with Crippen LogP contribution in [0.5, 0.6) is 5.75 Å². The van der Waals surface area contributed by atoms with Crippen LogP contribution < -0.4 is 4.74 Å². The van der Waals surface area contributed by atoms with E-state index in [0.29, 0.717) is 15.8 Å². The summed E-state index contributed by atoms with van der Waals surface area (Å²) in [5.74, 6) is 0.512. The third-order valence-corrected chi connectivity index (χ3v) is 2.42. The summed E-state index contributed by atoms with van der Waals surface area (Å²) < 4.78 is 5.33. The summed E-state index contributed by atoms with van der Waals surface area (Å²) in [6, 6.07) is 6.93. The second-order valence-corrected chi connectivity index (χ2v) is 4.01. The summed E-state index contributed by atoms with van der Waals surface area (Å²) in [5, 5.41) is 9.54. The first-order valence-electron chi connectivity index (χ1n) is 4.45. The van der Waals surface area contributed by atoms with Gasteiger partial charge in [0, 0.05) is 14.1 Å². The third-order valence-electron chi connectivity index (χ3n) is 1.62. The van der Waals surface area contributed by atoms with Crippen LogP contribution in [-0.4, -0.2) is 19.0 Å². The van der Waals surface area contributed by atoms with Crippen molar-refractivity contribution in [1.29, 1.82) is 5.26 Å². The zero-order chi connectivity index (χ0) is 12.1. The highest BCUT2D eigenvalue weighted by molar-refractivity contribution is 6.42. The minimum Gasteiger partial charge on any atom is -0.443 e. The van der Waals surface area contributed by atoms with Crippen LogP contribution >= 0.6 is 23.2 Å². The minimum absolute atomic E-state index is 0.147. The monoisotopic (exact) mass is 256 g/mol. The number of hydrogen-bond acceptors (Lipinski definition) is 3. The van der Waals surface area contributed by atoms with E-state index in [1.165, 1.54) is 0 Å². The van der Waals surface area contributed by atoms with E-state index in [1.807, 2.05) is 6.07 Å². The molecule has 0 fully saturated rings. The summed E-state index contributed by atoms with van der Waals surface area (Å²) >= 11 is 11.7. The van der Waals surface area contributed by atoms with Crippen molar-refractivity contribution in [3.8, 4) is 11.8 Å². The number of hydrogen-bond donors (Lipinski definition) is 0. The molecule has 0 N–H and O–H groups in total. The molecule has 0 unspecified atom stereocenters. The first-order chi connectivity index (χ1) is 7.54. The van der Waals surface area contributed by atoms with E-state index in [2.05, 4.69) is 0 Å². The fourth-order valence-electron chi connectivity index (χ4n) is 0.994. The number of allylic oxidation sites excluding steroid dienone is 1. The van der Waals surface area contributed by atoms with Crippen molar-refractivity contribution in [2.24, 2.45) is 0 Å². The van der Waals surface area contributed by atoms with Gasteiger partial charge < -0.3 is 9.64 Å². The van der Waals surface area contributed by atoms with E-state index in [-0.39, 0.29) is 5.76 Å². The third kappa shape index (κ3) is 3.34. The number of halogens is 2. The maximum absolute atomic E-state index is 8.85. The van der Waals surface area contributed by atoms with E-state index in [1.54, 1.807) is 43.4 Å². The van der Waals surface area contributed by atoms with Gasteiger partial charge in [-0.15, -0.1) is 0 Å².